The van der Waals surface area contributed by atoms with E-state index in [2.05, 4.69) is 29.7 Å². The van der Waals surface area contributed by atoms with E-state index < -0.39 is 0 Å². The predicted molar refractivity (Wildman–Crippen MR) is 116 cm³/mol. The second-order valence-corrected chi connectivity index (χ2v) is 8.08. The van der Waals surface area contributed by atoms with Gasteiger partial charge in [-0.15, -0.1) is 0 Å². The lowest BCUT2D eigenvalue weighted by Crippen LogP contribution is -2.49. The molecular formula is C22H25N7O2. The number of carbonyl (C=O) groups excluding carboxylic acids is 2. The standard InChI is InChI=1S/C22H25N7O2/c30-13-12-27-8-3-9-28(11-10-27)21-19(23-6-7-24-21)16-14-29(15-16)22(31)20-25-17-4-1-2-5-18(17)26-20/h1-2,4-7,13,16H,3,8-12,14-15H2,(H,25,26). The number of aromatic nitrogens is 4. The molecule has 9 nitrogen and oxygen atoms in total. The third-order valence-corrected chi connectivity index (χ3v) is 6.07. The maximum atomic E-state index is 12.9. The minimum absolute atomic E-state index is 0.0860. The Morgan fingerprint density at radius 3 is 2.77 bits per heavy atom. The highest BCUT2D eigenvalue weighted by Gasteiger charge is 2.37. The molecule has 0 aliphatic carbocycles. The molecule has 3 aromatic rings. The summed E-state index contributed by atoms with van der Waals surface area (Å²) in [5.74, 6) is 1.35. The third-order valence-electron chi connectivity index (χ3n) is 6.07. The van der Waals surface area contributed by atoms with E-state index in [1.54, 1.807) is 17.3 Å². The van der Waals surface area contributed by atoms with Crippen LogP contribution in [0.25, 0.3) is 11.0 Å². The first-order chi connectivity index (χ1) is 15.2. The van der Waals surface area contributed by atoms with Gasteiger partial charge in [-0.1, -0.05) is 12.1 Å². The third kappa shape index (κ3) is 3.88. The van der Waals surface area contributed by atoms with E-state index in [9.17, 15) is 9.59 Å². The molecule has 2 aromatic heterocycles. The van der Waals surface area contributed by atoms with Gasteiger partial charge in [0.1, 0.15) is 6.29 Å². The summed E-state index contributed by atoms with van der Waals surface area (Å²) >= 11 is 0. The highest BCUT2D eigenvalue weighted by atomic mass is 16.2. The number of H-pyrrole nitrogens is 1. The zero-order valence-electron chi connectivity index (χ0n) is 17.3. The van der Waals surface area contributed by atoms with E-state index >= 15 is 0 Å². The first-order valence-electron chi connectivity index (χ1n) is 10.7. The topological polar surface area (TPSA) is 98.3 Å². The van der Waals surface area contributed by atoms with Gasteiger partial charge in [0.15, 0.2) is 11.6 Å². The second kappa shape index (κ2) is 8.43. The molecule has 0 spiro atoms. The van der Waals surface area contributed by atoms with Crippen molar-refractivity contribution in [1.29, 1.82) is 0 Å². The first-order valence-corrected chi connectivity index (χ1v) is 10.7. The molecule has 0 radical (unpaired) electrons. The van der Waals surface area contributed by atoms with Gasteiger partial charge in [-0.3, -0.25) is 14.7 Å². The monoisotopic (exact) mass is 419 g/mol. The minimum atomic E-state index is -0.0860. The number of nitrogens with zero attached hydrogens (tertiary/aromatic N) is 6. The predicted octanol–water partition coefficient (Wildman–Crippen LogP) is 1.30. The van der Waals surface area contributed by atoms with Gasteiger partial charge >= 0.3 is 0 Å². The van der Waals surface area contributed by atoms with Crippen molar-refractivity contribution in [2.75, 3.05) is 50.7 Å². The molecule has 160 valence electrons. The van der Waals surface area contributed by atoms with Crippen molar-refractivity contribution in [2.45, 2.75) is 12.3 Å². The number of aromatic amines is 1. The number of carbonyl (C=O) groups is 2. The van der Waals surface area contributed by atoms with E-state index in [0.717, 1.165) is 61.4 Å². The van der Waals surface area contributed by atoms with Gasteiger partial charge in [0.05, 0.1) is 23.3 Å². The highest BCUT2D eigenvalue weighted by molar-refractivity contribution is 5.94. The lowest BCUT2D eigenvalue weighted by Gasteiger charge is -2.39. The van der Waals surface area contributed by atoms with Crippen LogP contribution in [-0.4, -0.2) is 87.7 Å². The van der Waals surface area contributed by atoms with Crippen molar-refractivity contribution in [1.82, 2.24) is 29.7 Å². The van der Waals surface area contributed by atoms with E-state index in [-0.39, 0.29) is 11.8 Å². The quantitative estimate of drug-likeness (QED) is 0.623. The van der Waals surface area contributed by atoms with Crippen molar-refractivity contribution in [2.24, 2.45) is 0 Å². The van der Waals surface area contributed by atoms with Gasteiger partial charge in [-0.05, 0) is 18.6 Å². The van der Waals surface area contributed by atoms with Crippen LogP contribution < -0.4 is 4.90 Å². The van der Waals surface area contributed by atoms with Gasteiger partial charge in [-0.2, -0.15) is 0 Å². The summed E-state index contributed by atoms with van der Waals surface area (Å²) in [5.41, 5.74) is 2.60. The van der Waals surface area contributed by atoms with Gasteiger partial charge < -0.3 is 19.6 Å². The Kier molecular flexibility index (Phi) is 5.33. The number of anilines is 1. The molecule has 5 rings (SSSR count). The second-order valence-electron chi connectivity index (χ2n) is 8.08. The Hall–Kier alpha value is -3.33. The van der Waals surface area contributed by atoms with Crippen LogP contribution in [0.1, 0.15) is 28.7 Å². The lowest BCUT2D eigenvalue weighted by molar-refractivity contribution is -0.108. The molecule has 1 aromatic carbocycles. The van der Waals surface area contributed by atoms with Crippen LogP contribution in [0.4, 0.5) is 5.82 Å². The van der Waals surface area contributed by atoms with Crippen LogP contribution in [0.3, 0.4) is 0 Å². The molecule has 0 bridgehead atoms. The van der Waals surface area contributed by atoms with Gasteiger partial charge in [0.25, 0.3) is 5.91 Å². The van der Waals surface area contributed by atoms with E-state index in [0.29, 0.717) is 25.5 Å². The van der Waals surface area contributed by atoms with Gasteiger partial charge in [0.2, 0.25) is 0 Å². The number of hydrogen-bond donors (Lipinski definition) is 1. The van der Waals surface area contributed by atoms with Gasteiger partial charge in [0, 0.05) is 57.6 Å². The fraction of sp³-hybridized carbons (Fsp3) is 0.409. The van der Waals surface area contributed by atoms with Crippen LogP contribution in [-0.2, 0) is 4.79 Å². The number of hydrogen-bond acceptors (Lipinski definition) is 7. The number of rotatable bonds is 5. The van der Waals surface area contributed by atoms with Crippen molar-refractivity contribution < 1.29 is 9.59 Å². The number of para-hydroxylation sites is 2. The molecule has 2 aliphatic rings. The van der Waals surface area contributed by atoms with Crippen LogP contribution in [0.15, 0.2) is 36.7 Å². The average molecular weight is 419 g/mol. The molecule has 31 heavy (non-hydrogen) atoms. The Labute approximate surface area is 180 Å². The summed E-state index contributed by atoms with van der Waals surface area (Å²) < 4.78 is 0. The van der Waals surface area contributed by atoms with Crippen LogP contribution >= 0.6 is 0 Å². The number of benzene rings is 1. The highest BCUT2D eigenvalue weighted by Crippen LogP contribution is 2.32. The van der Waals surface area contributed by atoms with Crippen molar-refractivity contribution in [3.05, 3.63) is 48.2 Å². The van der Waals surface area contributed by atoms with Crippen LogP contribution in [0.5, 0.6) is 0 Å². The zero-order valence-corrected chi connectivity index (χ0v) is 17.3. The minimum Gasteiger partial charge on any atom is -0.354 e. The largest absolute Gasteiger partial charge is 0.354 e. The smallest absolute Gasteiger partial charge is 0.289 e. The molecule has 0 unspecified atom stereocenters. The fourth-order valence-corrected chi connectivity index (χ4v) is 4.36. The van der Waals surface area contributed by atoms with Crippen molar-refractivity contribution >= 4 is 29.0 Å². The molecule has 4 heterocycles. The average Bonchev–Trinajstić information content (AvgIpc) is 3.06. The van der Waals surface area contributed by atoms with E-state index in [4.69, 9.17) is 0 Å². The maximum Gasteiger partial charge on any atom is 0.289 e. The molecule has 2 fully saturated rings. The molecule has 9 heteroatoms. The summed E-state index contributed by atoms with van der Waals surface area (Å²) in [7, 11) is 0. The number of imidazole rings is 1. The number of nitrogens with one attached hydrogen (secondary N) is 1. The summed E-state index contributed by atoms with van der Waals surface area (Å²) in [6, 6.07) is 7.64. The van der Waals surface area contributed by atoms with Crippen molar-refractivity contribution in [3.63, 3.8) is 0 Å². The van der Waals surface area contributed by atoms with Gasteiger partial charge in [-0.25, -0.2) is 9.97 Å². The molecule has 0 saturated carbocycles. The number of likely N-dealkylation sites (tertiary alicyclic amines) is 1. The molecule has 2 saturated heterocycles. The fourth-order valence-electron chi connectivity index (χ4n) is 4.36. The van der Waals surface area contributed by atoms with E-state index in [1.165, 1.54) is 0 Å². The lowest BCUT2D eigenvalue weighted by atomic mass is 9.95. The normalized spacial score (nSPS) is 18.1. The molecule has 0 atom stereocenters. The number of amides is 1. The maximum absolute atomic E-state index is 12.9. The van der Waals surface area contributed by atoms with Crippen LogP contribution in [0, 0.1) is 0 Å². The van der Waals surface area contributed by atoms with Crippen LogP contribution in [0.2, 0.25) is 0 Å². The first kappa shape index (κ1) is 19.6. The molecule has 1 N–H and O–H groups in total. The Morgan fingerprint density at radius 2 is 1.94 bits per heavy atom. The number of aldehydes is 1. The molecular weight excluding hydrogens is 394 g/mol. The Bertz CT molecular complexity index is 1060. The van der Waals surface area contributed by atoms with Crippen molar-refractivity contribution in [3.8, 4) is 0 Å². The Balaban J connectivity index is 1.27. The summed E-state index contributed by atoms with van der Waals surface area (Å²) in [5, 5.41) is 0. The summed E-state index contributed by atoms with van der Waals surface area (Å²) in [6.07, 6.45) is 5.39. The molecule has 2 aliphatic heterocycles. The zero-order chi connectivity index (χ0) is 21.2. The SMILES string of the molecule is O=CCN1CCCN(c2nccnc2C2CN(C(=O)c3nc4ccccc4[nH]3)C2)CC1. The number of fused-ring (bicyclic) bond motifs is 1. The summed E-state index contributed by atoms with van der Waals surface area (Å²) in [4.78, 5) is 46.7. The molecule has 1 amide bonds. The Morgan fingerprint density at radius 1 is 1.10 bits per heavy atom. The van der Waals surface area contributed by atoms with E-state index in [1.807, 2.05) is 24.3 Å². The summed E-state index contributed by atoms with van der Waals surface area (Å²) in [6.45, 7) is 5.12.